The number of nitriles is 1. The number of benzene rings is 1. The number of pyridine rings is 1. The Balaban J connectivity index is 2.03. The second kappa shape index (κ2) is 8.30. The van der Waals surface area contributed by atoms with Gasteiger partial charge in [0.2, 0.25) is 0 Å². The van der Waals surface area contributed by atoms with E-state index in [2.05, 4.69) is 21.1 Å². The van der Waals surface area contributed by atoms with Gasteiger partial charge < -0.3 is 0 Å². The first kappa shape index (κ1) is 20.9. The molecule has 0 aliphatic carbocycles. The van der Waals surface area contributed by atoms with Crippen LogP contribution in [0.15, 0.2) is 52.7 Å². The lowest BCUT2D eigenvalue weighted by molar-refractivity contribution is -0.385. The minimum absolute atomic E-state index is 0.220. The second-order valence-corrected chi connectivity index (χ2v) is 8.15. The lowest BCUT2D eigenvalue weighted by atomic mass is 10.1. The molecular formula is C19H18N6O4S. The Morgan fingerprint density at radius 3 is 2.80 bits per heavy atom. The molecule has 0 aliphatic heterocycles. The van der Waals surface area contributed by atoms with Crippen LogP contribution in [0.25, 0.3) is 5.52 Å². The summed E-state index contributed by atoms with van der Waals surface area (Å²) < 4.78 is 27.1. The Kier molecular flexibility index (Phi) is 5.79. The summed E-state index contributed by atoms with van der Waals surface area (Å²) in [6.45, 7) is 3.46. The molecule has 30 heavy (non-hydrogen) atoms. The fourth-order valence-corrected chi connectivity index (χ4v) is 4.01. The highest BCUT2D eigenvalue weighted by molar-refractivity contribution is 7.89. The van der Waals surface area contributed by atoms with E-state index in [9.17, 15) is 18.5 Å². The molecule has 1 N–H and O–H groups in total. The summed E-state index contributed by atoms with van der Waals surface area (Å²) in [5.41, 5.74) is 2.11. The van der Waals surface area contributed by atoms with Crippen LogP contribution in [0.2, 0.25) is 0 Å². The van der Waals surface area contributed by atoms with Crippen LogP contribution in [0.3, 0.4) is 0 Å². The Morgan fingerprint density at radius 2 is 2.13 bits per heavy atom. The van der Waals surface area contributed by atoms with Crippen LogP contribution in [-0.4, -0.2) is 28.7 Å². The van der Waals surface area contributed by atoms with E-state index in [-0.39, 0.29) is 10.6 Å². The van der Waals surface area contributed by atoms with Gasteiger partial charge in [0.15, 0.2) is 0 Å². The molecule has 3 aromatic rings. The zero-order valence-corrected chi connectivity index (χ0v) is 17.0. The van der Waals surface area contributed by atoms with Crippen molar-refractivity contribution in [2.45, 2.75) is 31.6 Å². The maximum absolute atomic E-state index is 12.8. The number of sulfonamides is 1. The van der Waals surface area contributed by atoms with E-state index in [4.69, 9.17) is 5.26 Å². The topological polar surface area (TPSA) is 143 Å². The second-order valence-electron chi connectivity index (χ2n) is 6.53. The number of nitrogens with zero attached hydrogens (tertiary/aromatic N) is 5. The van der Waals surface area contributed by atoms with Gasteiger partial charge in [0.25, 0.3) is 15.7 Å². The van der Waals surface area contributed by atoms with Crippen molar-refractivity contribution < 1.29 is 13.3 Å². The molecule has 1 aromatic carbocycles. The lowest BCUT2D eigenvalue weighted by Crippen LogP contribution is -2.21. The molecule has 11 heteroatoms. The monoisotopic (exact) mass is 426 g/mol. The van der Waals surface area contributed by atoms with E-state index < -0.39 is 14.9 Å². The van der Waals surface area contributed by atoms with Crippen LogP contribution in [0, 0.1) is 28.4 Å². The fraction of sp³-hybridized carbons (Fsp3) is 0.211. The van der Waals surface area contributed by atoms with Crippen LogP contribution < -0.4 is 4.83 Å². The number of rotatable bonds is 7. The van der Waals surface area contributed by atoms with Gasteiger partial charge in [0.1, 0.15) is 0 Å². The summed E-state index contributed by atoms with van der Waals surface area (Å²) in [6.07, 6.45) is 4.33. The number of aryl methyl sites for hydroxylation is 1. The Labute approximate surface area is 172 Å². The minimum Gasteiger partial charge on any atom is -0.258 e. The minimum atomic E-state index is -4.14. The Bertz CT molecular complexity index is 1300. The number of hydrogen-bond donors (Lipinski definition) is 1. The van der Waals surface area contributed by atoms with Crippen LogP contribution in [0.1, 0.15) is 36.5 Å². The summed E-state index contributed by atoms with van der Waals surface area (Å²) >= 11 is 0. The predicted molar refractivity (Wildman–Crippen MR) is 110 cm³/mol. The molecule has 0 amide bonds. The summed E-state index contributed by atoms with van der Waals surface area (Å²) in [7, 11) is -4.14. The summed E-state index contributed by atoms with van der Waals surface area (Å²) in [6, 6.07) is 8.94. The molecule has 0 radical (unpaired) electrons. The highest BCUT2D eigenvalue weighted by Crippen LogP contribution is 2.22. The van der Waals surface area contributed by atoms with Gasteiger partial charge in [-0.05, 0) is 31.0 Å². The number of nitrogens with one attached hydrogen (secondary N) is 1. The maximum atomic E-state index is 12.8. The van der Waals surface area contributed by atoms with Gasteiger partial charge >= 0.3 is 0 Å². The number of nitro benzene ring substituents is 1. The summed E-state index contributed by atoms with van der Waals surface area (Å²) in [5, 5.41) is 28.5. The molecule has 0 aliphatic rings. The molecular weight excluding hydrogens is 408 g/mol. The molecule has 0 saturated heterocycles. The molecule has 0 unspecified atom stereocenters. The molecule has 2 heterocycles. The van der Waals surface area contributed by atoms with Crippen molar-refractivity contribution >= 4 is 26.9 Å². The van der Waals surface area contributed by atoms with Crippen LogP contribution in [0.5, 0.6) is 0 Å². The number of hydrogen-bond acceptors (Lipinski definition) is 7. The van der Waals surface area contributed by atoms with E-state index >= 15 is 0 Å². The number of hydrazone groups is 1. The van der Waals surface area contributed by atoms with E-state index in [1.165, 1.54) is 12.1 Å². The van der Waals surface area contributed by atoms with E-state index in [0.717, 1.165) is 6.07 Å². The molecule has 0 spiro atoms. The summed E-state index contributed by atoms with van der Waals surface area (Å²) in [4.78, 5) is 12.3. The SMILES string of the molecule is CCC/C(=N/NS(=O)(=O)c1cc([N+](=O)[O-])ccc1C)c1cnn2ccc(C#N)cc12. The molecule has 0 bridgehead atoms. The third-order valence-corrected chi connectivity index (χ3v) is 5.77. The van der Waals surface area contributed by atoms with Crippen molar-refractivity contribution in [1.29, 1.82) is 5.26 Å². The first-order valence-corrected chi connectivity index (χ1v) is 10.5. The van der Waals surface area contributed by atoms with E-state index in [1.54, 1.807) is 36.0 Å². The van der Waals surface area contributed by atoms with Gasteiger partial charge in [-0.15, -0.1) is 0 Å². The smallest absolute Gasteiger partial charge is 0.258 e. The largest absolute Gasteiger partial charge is 0.277 e. The number of aromatic nitrogens is 2. The van der Waals surface area contributed by atoms with Crippen molar-refractivity contribution in [2.24, 2.45) is 5.10 Å². The summed E-state index contributed by atoms with van der Waals surface area (Å²) in [5.74, 6) is 0. The molecule has 154 valence electrons. The van der Waals surface area contributed by atoms with Crippen molar-refractivity contribution in [3.05, 3.63) is 69.5 Å². The number of fused-ring (bicyclic) bond motifs is 1. The average Bonchev–Trinajstić information content (AvgIpc) is 3.14. The third kappa shape index (κ3) is 4.13. The quantitative estimate of drug-likeness (QED) is 0.349. The average molecular weight is 426 g/mol. The zero-order chi connectivity index (χ0) is 21.9. The Hall–Kier alpha value is -3.78. The molecule has 0 atom stereocenters. The first-order valence-electron chi connectivity index (χ1n) is 8.98. The highest BCUT2D eigenvalue weighted by Gasteiger charge is 2.21. The van der Waals surface area contributed by atoms with Gasteiger partial charge in [-0.1, -0.05) is 19.4 Å². The van der Waals surface area contributed by atoms with E-state index in [0.29, 0.717) is 40.8 Å². The van der Waals surface area contributed by atoms with Crippen molar-refractivity contribution in [2.75, 3.05) is 0 Å². The fourth-order valence-electron chi connectivity index (χ4n) is 2.92. The van der Waals surface area contributed by atoms with Crippen molar-refractivity contribution in [3.8, 4) is 6.07 Å². The van der Waals surface area contributed by atoms with Gasteiger partial charge in [0, 0.05) is 23.9 Å². The molecule has 10 nitrogen and oxygen atoms in total. The van der Waals surface area contributed by atoms with Gasteiger partial charge in [0.05, 0.1) is 38.9 Å². The highest BCUT2D eigenvalue weighted by atomic mass is 32.2. The molecule has 0 fully saturated rings. The standard InChI is InChI=1S/C19H18N6O4S/c1-3-4-17(16-12-21-24-8-7-14(11-20)9-18(16)24)22-23-30(28,29)19-10-15(25(26)27)6-5-13(19)2/h5-10,12,23H,3-4H2,1-2H3/b22-17-. The maximum Gasteiger partial charge on any atom is 0.277 e. The molecule has 0 saturated carbocycles. The van der Waals surface area contributed by atoms with Gasteiger partial charge in [-0.25, -0.2) is 4.52 Å². The molecule has 2 aromatic heterocycles. The zero-order valence-electron chi connectivity index (χ0n) is 16.2. The van der Waals surface area contributed by atoms with E-state index in [1.807, 2.05) is 6.92 Å². The van der Waals surface area contributed by atoms with Crippen molar-refractivity contribution in [3.63, 3.8) is 0 Å². The van der Waals surface area contributed by atoms with Gasteiger partial charge in [-0.2, -0.15) is 28.7 Å². The number of non-ortho nitro benzene ring substituents is 1. The number of nitro groups is 1. The van der Waals surface area contributed by atoms with Crippen LogP contribution >= 0.6 is 0 Å². The Morgan fingerprint density at radius 1 is 1.37 bits per heavy atom. The van der Waals surface area contributed by atoms with Crippen LogP contribution in [-0.2, 0) is 10.0 Å². The lowest BCUT2D eigenvalue weighted by Gasteiger charge is -2.09. The van der Waals surface area contributed by atoms with Gasteiger partial charge in [-0.3, -0.25) is 10.1 Å². The first-order chi connectivity index (χ1) is 14.3. The van der Waals surface area contributed by atoms with Crippen LogP contribution in [0.4, 0.5) is 5.69 Å². The third-order valence-electron chi connectivity index (χ3n) is 4.42. The normalized spacial score (nSPS) is 12.0. The molecule has 3 rings (SSSR count). The predicted octanol–water partition coefficient (Wildman–Crippen LogP) is 2.91. The van der Waals surface area contributed by atoms with Crippen molar-refractivity contribution in [1.82, 2.24) is 14.4 Å².